The van der Waals surface area contributed by atoms with Gasteiger partial charge in [-0.05, 0) is 24.1 Å². The highest BCUT2D eigenvalue weighted by Gasteiger charge is 2.27. The minimum absolute atomic E-state index is 0.0275. The summed E-state index contributed by atoms with van der Waals surface area (Å²) >= 11 is 1.35. The van der Waals surface area contributed by atoms with E-state index in [2.05, 4.69) is 11.4 Å². The van der Waals surface area contributed by atoms with Gasteiger partial charge in [-0.15, -0.1) is 11.3 Å². The molecule has 0 spiro atoms. The molecule has 8 heteroatoms. The standard InChI is InChI=1S/C22H23N3O4S/c1-28-12-10-21(27)25-11-9-16-17(13-23)22(30-19(16)14-25)24-20(26)8-7-15-5-3-4-6-18(15)29-2/h3-8H,9-12,14H2,1-2H3,(H,24,26). The summed E-state index contributed by atoms with van der Waals surface area (Å²) in [5, 5.41) is 12.9. The van der Waals surface area contributed by atoms with Crippen molar-refractivity contribution in [1.82, 2.24) is 4.90 Å². The maximum Gasteiger partial charge on any atom is 0.249 e. The first-order valence-electron chi connectivity index (χ1n) is 9.50. The van der Waals surface area contributed by atoms with Crippen LogP contribution in [0.2, 0.25) is 0 Å². The number of rotatable bonds is 7. The van der Waals surface area contributed by atoms with Crippen LogP contribution in [0.4, 0.5) is 5.00 Å². The average Bonchev–Trinajstić information content (AvgIpc) is 3.11. The van der Waals surface area contributed by atoms with Crippen molar-refractivity contribution in [3.8, 4) is 11.8 Å². The van der Waals surface area contributed by atoms with Gasteiger partial charge in [-0.1, -0.05) is 18.2 Å². The number of benzene rings is 1. The fraction of sp³-hybridized carbons (Fsp3) is 0.318. The van der Waals surface area contributed by atoms with Gasteiger partial charge >= 0.3 is 0 Å². The fourth-order valence-corrected chi connectivity index (χ4v) is 4.51. The van der Waals surface area contributed by atoms with Crippen LogP contribution >= 0.6 is 11.3 Å². The Morgan fingerprint density at radius 3 is 2.87 bits per heavy atom. The molecule has 0 radical (unpaired) electrons. The number of para-hydroxylation sites is 1. The second-order valence-electron chi connectivity index (χ2n) is 6.69. The first-order chi connectivity index (χ1) is 14.6. The highest BCUT2D eigenvalue weighted by atomic mass is 32.1. The third-order valence-corrected chi connectivity index (χ3v) is 5.96. The highest BCUT2D eigenvalue weighted by Crippen LogP contribution is 2.36. The summed E-state index contributed by atoms with van der Waals surface area (Å²) in [6, 6.07) is 9.59. The fourth-order valence-electron chi connectivity index (χ4n) is 3.29. The van der Waals surface area contributed by atoms with Crippen molar-refractivity contribution in [3.63, 3.8) is 0 Å². The van der Waals surface area contributed by atoms with Crippen LogP contribution in [0.1, 0.15) is 28.0 Å². The number of methoxy groups -OCH3 is 2. The topological polar surface area (TPSA) is 91.7 Å². The Hall–Kier alpha value is -3.15. The SMILES string of the molecule is COCCC(=O)N1CCc2c(sc(NC(=O)C=Cc3ccccc3OC)c2C#N)C1. The lowest BCUT2D eigenvalue weighted by Crippen LogP contribution is -2.35. The molecule has 7 nitrogen and oxygen atoms in total. The van der Waals surface area contributed by atoms with E-state index >= 15 is 0 Å². The van der Waals surface area contributed by atoms with Gasteiger partial charge in [-0.25, -0.2) is 0 Å². The molecule has 1 aliphatic heterocycles. The summed E-state index contributed by atoms with van der Waals surface area (Å²) in [7, 11) is 3.14. The van der Waals surface area contributed by atoms with Crippen molar-refractivity contribution < 1.29 is 19.1 Å². The van der Waals surface area contributed by atoms with E-state index in [1.165, 1.54) is 17.4 Å². The third kappa shape index (κ3) is 4.87. The smallest absolute Gasteiger partial charge is 0.249 e. The second-order valence-corrected chi connectivity index (χ2v) is 7.80. The molecule has 0 fully saturated rings. The van der Waals surface area contributed by atoms with Gasteiger partial charge in [0.15, 0.2) is 0 Å². The summed E-state index contributed by atoms with van der Waals surface area (Å²) in [4.78, 5) is 27.4. The number of hydrogen-bond donors (Lipinski definition) is 1. The molecule has 2 aromatic rings. The van der Waals surface area contributed by atoms with Crippen molar-refractivity contribution >= 4 is 34.2 Å². The van der Waals surface area contributed by atoms with Gasteiger partial charge < -0.3 is 19.7 Å². The number of hydrogen-bond acceptors (Lipinski definition) is 6. The Morgan fingerprint density at radius 2 is 2.13 bits per heavy atom. The summed E-state index contributed by atoms with van der Waals surface area (Å²) in [5.41, 5.74) is 2.19. The van der Waals surface area contributed by atoms with Crippen LogP contribution in [0.15, 0.2) is 30.3 Å². The lowest BCUT2D eigenvalue weighted by molar-refractivity contribution is -0.133. The van der Waals surface area contributed by atoms with E-state index in [4.69, 9.17) is 9.47 Å². The summed E-state index contributed by atoms with van der Waals surface area (Å²) < 4.78 is 10.3. The van der Waals surface area contributed by atoms with E-state index in [1.54, 1.807) is 25.2 Å². The predicted molar refractivity (Wildman–Crippen MR) is 115 cm³/mol. The molecule has 1 aromatic heterocycles. The van der Waals surface area contributed by atoms with Crippen LogP contribution < -0.4 is 10.1 Å². The normalized spacial score (nSPS) is 13.0. The molecule has 0 atom stereocenters. The van der Waals surface area contributed by atoms with Crippen molar-refractivity contribution in [2.75, 3.05) is 32.7 Å². The lowest BCUT2D eigenvalue weighted by Gasteiger charge is -2.27. The summed E-state index contributed by atoms with van der Waals surface area (Å²) in [6.07, 6.45) is 4.02. The van der Waals surface area contributed by atoms with E-state index in [-0.39, 0.29) is 11.8 Å². The zero-order valence-electron chi connectivity index (χ0n) is 16.9. The van der Waals surface area contributed by atoms with Gasteiger partial charge in [0.05, 0.1) is 32.2 Å². The van der Waals surface area contributed by atoms with E-state index in [0.29, 0.717) is 48.9 Å². The number of carbonyl (C=O) groups excluding carboxylic acids is 2. The highest BCUT2D eigenvalue weighted by molar-refractivity contribution is 7.16. The van der Waals surface area contributed by atoms with Crippen molar-refractivity contribution in [1.29, 1.82) is 5.26 Å². The Balaban J connectivity index is 1.72. The van der Waals surface area contributed by atoms with Crippen LogP contribution in [-0.4, -0.2) is 44.1 Å². The number of amides is 2. The Labute approximate surface area is 179 Å². The molecule has 156 valence electrons. The molecule has 0 saturated carbocycles. The van der Waals surface area contributed by atoms with Crippen molar-refractivity contribution in [2.45, 2.75) is 19.4 Å². The number of nitrogens with one attached hydrogen (secondary N) is 1. The largest absolute Gasteiger partial charge is 0.496 e. The first-order valence-corrected chi connectivity index (χ1v) is 10.3. The van der Waals surface area contributed by atoms with Crippen LogP contribution in [0, 0.1) is 11.3 Å². The molecule has 0 saturated heterocycles. The van der Waals surface area contributed by atoms with E-state index in [1.807, 2.05) is 24.3 Å². The molecule has 0 bridgehead atoms. The number of ether oxygens (including phenoxy) is 2. The maximum absolute atomic E-state index is 12.4. The zero-order valence-corrected chi connectivity index (χ0v) is 17.8. The quantitative estimate of drug-likeness (QED) is 0.688. The third-order valence-electron chi connectivity index (χ3n) is 4.83. The van der Waals surface area contributed by atoms with E-state index in [9.17, 15) is 14.9 Å². The molecule has 1 aromatic carbocycles. The molecule has 30 heavy (non-hydrogen) atoms. The first kappa shape index (κ1) is 21.6. The van der Waals surface area contributed by atoms with Crippen LogP contribution in [0.3, 0.4) is 0 Å². The number of anilines is 1. The van der Waals surface area contributed by atoms with E-state index < -0.39 is 0 Å². The Morgan fingerprint density at radius 1 is 1.33 bits per heavy atom. The lowest BCUT2D eigenvalue weighted by atomic mass is 10.0. The van der Waals surface area contributed by atoms with Gasteiger partial charge in [0.1, 0.15) is 16.8 Å². The van der Waals surface area contributed by atoms with Crippen LogP contribution in [0.5, 0.6) is 5.75 Å². The van der Waals surface area contributed by atoms with Gasteiger partial charge in [0.25, 0.3) is 0 Å². The van der Waals surface area contributed by atoms with Gasteiger partial charge in [-0.3, -0.25) is 9.59 Å². The Bertz CT molecular complexity index is 1010. The summed E-state index contributed by atoms with van der Waals surface area (Å²) in [6.45, 7) is 1.39. The molecule has 0 aliphatic carbocycles. The number of fused-ring (bicyclic) bond motifs is 1. The monoisotopic (exact) mass is 425 g/mol. The van der Waals surface area contributed by atoms with Gasteiger partial charge in [0, 0.05) is 30.2 Å². The molecule has 2 amide bonds. The molecule has 2 heterocycles. The van der Waals surface area contributed by atoms with Gasteiger partial charge in [-0.2, -0.15) is 5.26 Å². The maximum atomic E-state index is 12.4. The van der Waals surface area contributed by atoms with Gasteiger partial charge in [0.2, 0.25) is 11.8 Å². The van der Waals surface area contributed by atoms with Crippen molar-refractivity contribution in [3.05, 3.63) is 51.9 Å². The number of nitriles is 1. The van der Waals surface area contributed by atoms with Crippen molar-refractivity contribution in [2.24, 2.45) is 0 Å². The molecule has 0 unspecified atom stereocenters. The molecule has 1 aliphatic rings. The molecular weight excluding hydrogens is 402 g/mol. The van der Waals surface area contributed by atoms with E-state index in [0.717, 1.165) is 16.0 Å². The second kappa shape index (κ2) is 10.1. The van der Waals surface area contributed by atoms with Crippen LogP contribution in [0.25, 0.3) is 6.08 Å². The minimum atomic E-state index is -0.330. The average molecular weight is 426 g/mol. The molecule has 1 N–H and O–H groups in total. The molecule has 3 rings (SSSR count). The number of carbonyl (C=O) groups is 2. The number of nitrogens with zero attached hydrogens (tertiary/aromatic N) is 2. The number of thiophene rings is 1. The predicted octanol–water partition coefficient (Wildman–Crippen LogP) is 3.20. The molecular formula is C22H23N3O4S. The zero-order chi connectivity index (χ0) is 21.5. The summed E-state index contributed by atoms with van der Waals surface area (Å²) in [5.74, 6) is 0.368. The minimum Gasteiger partial charge on any atom is -0.496 e. The Kier molecular flexibility index (Phi) is 7.22. The van der Waals surface area contributed by atoms with Crippen LogP contribution in [-0.2, 0) is 27.3 Å².